The number of ether oxygens (including phenoxy) is 2. The van der Waals surface area contributed by atoms with Crippen LogP contribution in [-0.4, -0.2) is 41.7 Å². The van der Waals surface area contributed by atoms with Crippen LogP contribution < -0.4 is 9.47 Å². The first kappa shape index (κ1) is 19.2. The minimum atomic E-state index is -0.184. The van der Waals surface area contributed by atoms with Crippen molar-refractivity contribution in [2.75, 3.05) is 20.8 Å². The maximum absolute atomic E-state index is 12.6. The first-order chi connectivity index (χ1) is 12.7. The molecule has 1 amide bonds. The summed E-state index contributed by atoms with van der Waals surface area (Å²) in [7, 11) is 3.21. The molecule has 1 saturated heterocycles. The second kappa shape index (κ2) is 7.21. The van der Waals surface area contributed by atoms with Crippen molar-refractivity contribution >= 4 is 5.91 Å². The van der Waals surface area contributed by atoms with Crippen LogP contribution in [0.5, 0.6) is 11.5 Å². The zero-order valence-corrected chi connectivity index (χ0v) is 16.8. The number of methoxy groups -OCH3 is 2. The van der Waals surface area contributed by atoms with E-state index in [2.05, 4.69) is 10.1 Å². The summed E-state index contributed by atoms with van der Waals surface area (Å²) in [5.41, 5.74) is 0.805. The van der Waals surface area contributed by atoms with Crippen LogP contribution in [-0.2, 0) is 10.2 Å². The van der Waals surface area contributed by atoms with Gasteiger partial charge in [0.1, 0.15) is 0 Å². The van der Waals surface area contributed by atoms with Crippen LogP contribution in [0.4, 0.5) is 0 Å². The molecule has 1 aromatic heterocycles. The Morgan fingerprint density at radius 1 is 1.22 bits per heavy atom. The van der Waals surface area contributed by atoms with Crippen molar-refractivity contribution in [1.82, 2.24) is 15.0 Å². The molecule has 7 nitrogen and oxygen atoms in total. The Morgan fingerprint density at radius 3 is 2.52 bits per heavy atom. The molecule has 2 unspecified atom stereocenters. The topological polar surface area (TPSA) is 77.7 Å². The van der Waals surface area contributed by atoms with Crippen LogP contribution in [0.3, 0.4) is 0 Å². The van der Waals surface area contributed by atoms with E-state index in [0.717, 1.165) is 5.56 Å². The first-order valence-electron chi connectivity index (χ1n) is 9.10. The van der Waals surface area contributed by atoms with E-state index in [4.69, 9.17) is 14.0 Å². The van der Waals surface area contributed by atoms with Gasteiger partial charge in [-0.25, -0.2) is 0 Å². The van der Waals surface area contributed by atoms with E-state index in [1.807, 2.05) is 50.8 Å². The quantitative estimate of drug-likeness (QED) is 0.799. The highest BCUT2D eigenvalue weighted by atomic mass is 16.5. The van der Waals surface area contributed by atoms with Crippen molar-refractivity contribution in [2.45, 2.75) is 51.5 Å². The van der Waals surface area contributed by atoms with Crippen molar-refractivity contribution in [3.63, 3.8) is 0 Å². The van der Waals surface area contributed by atoms with Crippen LogP contribution in [0.2, 0.25) is 0 Å². The summed E-state index contributed by atoms with van der Waals surface area (Å²) in [6.07, 6.45) is 0.378. The molecular formula is C20H27N3O4. The number of nitrogens with zero attached hydrogens (tertiary/aromatic N) is 3. The molecule has 0 radical (unpaired) electrons. The standard InChI is InChI=1S/C20H27N3O4/c1-12(13-7-8-15(25-5)16(9-13)26-6)23-11-14(10-17(23)24)18-21-19(22-27-18)20(2,3)4/h7-9,12,14H,10-11H2,1-6H3. The predicted octanol–water partition coefficient (Wildman–Crippen LogP) is 3.46. The lowest BCUT2D eigenvalue weighted by Gasteiger charge is -2.25. The number of amides is 1. The number of aromatic nitrogens is 2. The summed E-state index contributed by atoms with van der Waals surface area (Å²) in [6, 6.07) is 5.63. The molecule has 27 heavy (non-hydrogen) atoms. The summed E-state index contributed by atoms with van der Waals surface area (Å²) >= 11 is 0. The molecule has 2 atom stereocenters. The first-order valence-corrected chi connectivity index (χ1v) is 9.10. The predicted molar refractivity (Wildman–Crippen MR) is 100 cm³/mol. The van der Waals surface area contributed by atoms with Gasteiger partial charge in [0, 0.05) is 18.4 Å². The Morgan fingerprint density at radius 2 is 1.93 bits per heavy atom. The van der Waals surface area contributed by atoms with E-state index < -0.39 is 0 Å². The third-order valence-corrected chi connectivity index (χ3v) is 4.98. The third kappa shape index (κ3) is 3.77. The summed E-state index contributed by atoms with van der Waals surface area (Å²) < 4.78 is 16.1. The Hall–Kier alpha value is -2.57. The van der Waals surface area contributed by atoms with Crippen molar-refractivity contribution in [2.24, 2.45) is 0 Å². The molecule has 0 spiro atoms. The minimum absolute atomic E-state index is 0.0799. The van der Waals surface area contributed by atoms with Crippen LogP contribution in [0.15, 0.2) is 22.7 Å². The third-order valence-electron chi connectivity index (χ3n) is 4.98. The fraction of sp³-hybridized carbons (Fsp3) is 0.550. The minimum Gasteiger partial charge on any atom is -0.493 e. The average Bonchev–Trinajstić information content (AvgIpc) is 3.27. The second-order valence-electron chi connectivity index (χ2n) is 7.94. The molecule has 1 aliphatic rings. The highest BCUT2D eigenvalue weighted by Gasteiger charge is 2.37. The van der Waals surface area contributed by atoms with Gasteiger partial charge in [-0.05, 0) is 24.6 Å². The van der Waals surface area contributed by atoms with Gasteiger partial charge in [-0.1, -0.05) is 32.0 Å². The molecule has 0 saturated carbocycles. The molecule has 2 heterocycles. The fourth-order valence-electron chi connectivity index (χ4n) is 3.27. The normalized spacial score (nSPS) is 18.7. The largest absolute Gasteiger partial charge is 0.493 e. The van der Waals surface area contributed by atoms with Gasteiger partial charge in [0.15, 0.2) is 17.3 Å². The monoisotopic (exact) mass is 373 g/mol. The number of rotatable bonds is 5. The summed E-state index contributed by atoms with van der Waals surface area (Å²) in [6.45, 7) is 8.67. The Labute approximate surface area is 159 Å². The summed E-state index contributed by atoms with van der Waals surface area (Å²) in [4.78, 5) is 19.0. The summed E-state index contributed by atoms with van der Waals surface area (Å²) in [5.74, 6) is 2.52. The van der Waals surface area contributed by atoms with Crippen molar-refractivity contribution < 1.29 is 18.8 Å². The van der Waals surface area contributed by atoms with Gasteiger partial charge in [0.2, 0.25) is 11.8 Å². The van der Waals surface area contributed by atoms with E-state index in [1.54, 1.807) is 14.2 Å². The van der Waals surface area contributed by atoms with Gasteiger partial charge in [0.25, 0.3) is 0 Å². The van der Waals surface area contributed by atoms with Gasteiger partial charge in [-0.2, -0.15) is 4.98 Å². The van der Waals surface area contributed by atoms with Gasteiger partial charge in [-0.15, -0.1) is 0 Å². The van der Waals surface area contributed by atoms with E-state index in [1.165, 1.54) is 0 Å². The van der Waals surface area contributed by atoms with Gasteiger partial charge < -0.3 is 18.9 Å². The van der Waals surface area contributed by atoms with E-state index in [-0.39, 0.29) is 23.3 Å². The number of benzene rings is 1. The maximum Gasteiger partial charge on any atom is 0.232 e. The highest BCUT2D eigenvalue weighted by Crippen LogP contribution is 2.36. The molecule has 3 rings (SSSR count). The number of carbonyl (C=O) groups is 1. The average molecular weight is 373 g/mol. The lowest BCUT2D eigenvalue weighted by atomic mass is 9.96. The molecule has 0 aliphatic carbocycles. The molecule has 0 bridgehead atoms. The smallest absolute Gasteiger partial charge is 0.232 e. The van der Waals surface area contributed by atoms with Crippen LogP contribution in [0.25, 0.3) is 0 Å². The van der Waals surface area contributed by atoms with Gasteiger partial charge in [0.05, 0.1) is 26.2 Å². The van der Waals surface area contributed by atoms with Crippen molar-refractivity contribution in [3.05, 3.63) is 35.5 Å². The van der Waals surface area contributed by atoms with Gasteiger partial charge >= 0.3 is 0 Å². The van der Waals surface area contributed by atoms with E-state index in [0.29, 0.717) is 36.2 Å². The molecule has 0 N–H and O–H groups in total. The number of likely N-dealkylation sites (tertiary alicyclic amines) is 1. The molecule has 2 aromatic rings. The number of hydrogen-bond donors (Lipinski definition) is 0. The summed E-state index contributed by atoms with van der Waals surface area (Å²) in [5, 5.41) is 4.08. The van der Waals surface area contributed by atoms with Crippen LogP contribution in [0, 0.1) is 0 Å². The number of hydrogen-bond acceptors (Lipinski definition) is 6. The Balaban J connectivity index is 1.78. The second-order valence-corrected chi connectivity index (χ2v) is 7.94. The molecule has 1 aliphatic heterocycles. The Kier molecular flexibility index (Phi) is 5.13. The molecule has 1 aromatic carbocycles. The Bertz CT molecular complexity index is 825. The van der Waals surface area contributed by atoms with Crippen LogP contribution >= 0.6 is 0 Å². The lowest BCUT2D eigenvalue weighted by Crippen LogP contribution is -2.28. The molecule has 1 fully saturated rings. The zero-order chi connectivity index (χ0) is 19.8. The number of carbonyl (C=O) groups excluding carboxylic acids is 1. The van der Waals surface area contributed by atoms with Crippen molar-refractivity contribution in [3.8, 4) is 11.5 Å². The van der Waals surface area contributed by atoms with Gasteiger partial charge in [-0.3, -0.25) is 4.79 Å². The highest BCUT2D eigenvalue weighted by molar-refractivity contribution is 5.80. The maximum atomic E-state index is 12.6. The lowest BCUT2D eigenvalue weighted by molar-refractivity contribution is -0.129. The SMILES string of the molecule is COc1ccc(C(C)N2CC(c3nc(C(C)(C)C)no3)CC2=O)cc1OC. The molecule has 7 heteroatoms. The fourth-order valence-corrected chi connectivity index (χ4v) is 3.27. The molecular weight excluding hydrogens is 346 g/mol. The molecule has 146 valence electrons. The zero-order valence-electron chi connectivity index (χ0n) is 16.8. The van der Waals surface area contributed by atoms with E-state index >= 15 is 0 Å². The van der Waals surface area contributed by atoms with Crippen LogP contribution in [0.1, 0.15) is 63.4 Å². The van der Waals surface area contributed by atoms with Crippen molar-refractivity contribution in [1.29, 1.82) is 0 Å². The van der Waals surface area contributed by atoms with E-state index in [9.17, 15) is 4.79 Å².